The van der Waals surface area contributed by atoms with E-state index in [0.29, 0.717) is 6.54 Å². The summed E-state index contributed by atoms with van der Waals surface area (Å²) in [6, 6.07) is 0.184. The number of nitrogens with zero attached hydrogens (tertiary/aromatic N) is 1. The molecule has 0 aromatic carbocycles. The zero-order valence-electron chi connectivity index (χ0n) is 12.3. The topological polar surface area (TPSA) is 32.3 Å². The van der Waals surface area contributed by atoms with Gasteiger partial charge in [-0.15, -0.1) is 0 Å². The molecule has 116 valence electrons. The minimum atomic E-state index is -4.27. The highest BCUT2D eigenvalue weighted by Gasteiger charge is 2.50. The van der Waals surface area contributed by atoms with E-state index in [1.807, 2.05) is 0 Å². The maximum atomic E-state index is 12.1. The first kappa shape index (κ1) is 15.6. The summed E-state index contributed by atoms with van der Waals surface area (Å²) in [5, 5.41) is 2.20. The second kappa shape index (κ2) is 4.90. The van der Waals surface area contributed by atoms with Crippen molar-refractivity contribution in [1.29, 1.82) is 0 Å². The van der Waals surface area contributed by atoms with Crippen LogP contribution < -0.4 is 5.32 Å². The van der Waals surface area contributed by atoms with Crippen LogP contribution in [0.2, 0.25) is 0 Å². The Bertz CT molecular complexity index is 394. The smallest absolute Gasteiger partial charge is 0.338 e. The van der Waals surface area contributed by atoms with Gasteiger partial charge in [0.15, 0.2) is 0 Å². The second-order valence-corrected chi connectivity index (χ2v) is 7.45. The van der Waals surface area contributed by atoms with Gasteiger partial charge in [-0.05, 0) is 30.1 Å². The Morgan fingerprint density at radius 1 is 1.30 bits per heavy atom. The van der Waals surface area contributed by atoms with E-state index in [-0.39, 0.29) is 29.3 Å². The van der Waals surface area contributed by atoms with Crippen LogP contribution in [0.25, 0.3) is 0 Å². The fraction of sp³-hybridized carbons (Fsp3) is 0.929. The third kappa shape index (κ3) is 3.65. The van der Waals surface area contributed by atoms with Crippen molar-refractivity contribution in [1.82, 2.24) is 10.2 Å². The Hall–Kier alpha value is -0.780. The summed E-state index contributed by atoms with van der Waals surface area (Å²) in [6.45, 7) is 5.91. The van der Waals surface area contributed by atoms with Crippen molar-refractivity contribution in [2.45, 2.75) is 52.3 Å². The molecule has 1 amide bonds. The number of carbonyl (C=O) groups excluding carboxylic acids is 1. The molecule has 0 radical (unpaired) electrons. The van der Waals surface area contributed by atoms with Crippen LogP contribution in [0.1, 0.15) is 40.0 Å². The van der Waals surface area contributed by atoms with Crippen molar-refractivity contribution in [3.8, 4) is 0 Å². The Morgan fingerprint density at radius 2 is 1.95 bits per heavy atom. The van der Waals surface area contributed by atoms with Crippen molar-refractivity contribution in [3.05, 3.63) is 0 Å². The van der Waals surface area contributed by atoms with E-state index in [1.54, 1.807) is 4.90 Å². The highest BCUT2D eigenvalue weighted by atomic mass is 19.4. The first-order chi connectivity index (χ1) is 9.00. The highest BCUT2D eigenvalue weighted by molar-refractivity contribution is 5.79. The molecule has 3 nitrogen and oxygen atoms in total. The molecule has 2 rings (SSSR count). The number of rotatable bonds is 3. The van der Waals surface area contributed by atoms with Crippen LogP contribution in [0.5, 0.6) is 0 Å². The van der Waals surface area contributed by atoms with Crippen LogP contribution in [0.4, 0.5) is 13.2 Å². The van der Waals surface area contributed by atoms with Gasteiger partial charge >= 0.3 is 6.18 Å². The number of nitrogens with one attached hydrogen (secondary N) is 1. The number of hydrogen-bond acceptors (Lipinski definition) is 2. The lowest BCUT2D eigenvalue weighted by atomic mass is 9.65. The molecule has 2 unspecified atom stereocenters. The number of fused-ring (bicyclic) bond motifs is 2. The van der Waals surface area contributed by atoms with Crippen LogP contribution in [0.15, 0.2) is 0 Å². The maximum Gasteiger partial charge on any atom is 0.401 e. The normalized spacial score (nSPS) is 32.5. The molecule has 2 fully saturated rings. The van der Waals surface area contributed by atoms with Crippen molar-refractivity contribution in [3.63, 3.8) is 0 Å². The number of carbonyl (C=O) groups is 1. The minimum Gasteiger partial charge on any atom is -0.338 e. The van der Waals surface area contributed by atoms with E-state index in [4.69, 9.17) is 0 Å². The third-order valence-corrected chi connectivity index (χ3v) is 4.34. The average molecular weight is 292 g/mol. The second-order valence-electron chi connectivity index (χ2n) is 7.45. The molecule has 1 saturated heterocycles. The van der Waals surface area contributed by atoms with Crippen LogP contribution in [-0.2, 0) is 4.79 Å². The molecule has 0 aromatic rings. The maximum absolute atomic E-state index is 12.1. The fourth-order valence-electron chi connectivity index (χ4n) is 4.16. The van der Waals surface area contributed by atoms with Crippen molar-refractivity contribution < 1.29 is 18.0 Å². The summed E-state index contributed by atoms with van der Waals surface area (Å²) in [5.41, 5.74) is 0.318. The lowest BCUT2D eigenvalue weighted by Crippen LogP contribution is -2.43. The van der Waals surface area contributed by atoms with Gasteiger partial charge in [0.1, 0.15) is 0 Å². The number of amides is 1. The Balaban J connectivity index is 1.92. The summed E-state index contributed by atoms with van der Waals surface area (Å²) in [4.78, 5) is 13.9. The molecule has 2 atom stereocenters. The SMILES string of the molecule is CC1(C)CC2CC(C)(CN2C(=O)CNCC(F)(F)F)C1. The van der Waals surface area contributed by atoms with Gasteiger partial charge in [-0.1, -0.05) is 20.8 Å². The number of likely N-dealkylation sites (tertiary alicyclic amines) is 1. The van der Waals surface area contributed by atoms with Gasteiger partial charge in [0, 0.05) is 12.6 Å². The monoisotopic (exact) mass is 292 g/mol. The first-order valence-electron chi connectivity index (χ1n) is 7.07. The molecular weight excluding hydrogens is 269 g/mol. The summed E-state index contributed by atoms with van der Waals surface area (Å²) in [5.74, 6) is -0.208. The fourth-order valence-corrected chi connectivity index (χ4v) is 4.16. The van der Waals surface area contributed by atoms with E-state index >= 15 is 0 Å². The van der Waals surface area contributed by atoms with Crippen LogP contribution >= 0.6 is 0 Å². The molecule has 20 heavy (non-hydrogen) atoms. The minimum absolute atomic E-state index is 0.117. The number of hydrogen-bond donors (Lipinski definition) is 1. The Kier molecular flexibility index (Phi) is 3.82. The summed E-state index contributed by atoms with van der Waals surface area (Å²) in [6.07, 6.45) is -1.29. The molecular formula is C14H23F3N2O. The van der Waals surface area contributed by atoms with Crippen LogP contribution in [0, 0.1) is 10.8 Å². The van der Waals surface area contributed by atoms with E-state index < -0.39 is 12.7 Å². The van der Waals surface area contributed by atoms with Gasteiger partial charge in [-0.2, -0.15) is 13.2 Å². The summed E-state index contributed by atoms with van der Waals surface area (Å²) in [7, 11) is 0. The molecule has 2 aliphatic rings. The Labute approximate surface area is 117 Å². The van der Waals surface area contributed by atoms with Gasteiger partial charge in [-0.3, -0.25) is 4.79 Å². The third-order valence-electron chi connectivity index (χ3n) is 4.34. The lowest BCUT2D eigenvalue weighted by Gasteiger charge is -2.39. The van der Waals surface area contributed by atoms with Gasteiger partial charge < -0.3 is 10.2 Å². The quantitative estimate of drug-likeness (QED) is 0.867. The summed E-state index contributed by atoms with van der Waals surface area (Å²) < 4.78 is 36.2. The van der Waals surface area contributed by atoms with Gasteiger partial charge in [0.25, 0.3) is 0 Å². The van der Waals surface area contributed by atoms with Gasteiger partial charge in [-0.25, -0.2) is 0 Å². The van der Waals surface area contributed by atoms with Gasteiger partial charge in [0.2, 0.25) is 5.91 Å². The van der Waals surface area contributed by atoms with Gasteiger partial charge in [0.05, 0.1) is 13.1 Å². The van der Waals surface area contributed by atoms with E-state index in [2.05, 4.69) is 26.1 Å². The molecule has 0 aromatic heterocycles. The van der Waals surface area contributed by atoms with Crippen molar-refractivity contribution in [2.75, 3.05) is 19.6 Å². The summed E-state index contributed by atoms with van der Waals surface area (Å²) >= 11 is 0. The zero-order chi connectivity index (χ0) is 15.2. The van der Waals surface area contributed by atoms with Crippen LogP contribution in [-0.4, -0.2) is 42.7 Å². The van der Waals surface area contributed by atoms with E-state index in [1.165, 1.54) is 0 Å². The molecule has 6 heteroatoms. The van der Waals surface area contributed by atoms with E-state index in [0.717, 1.165) is 19.3 Å². The number of halogens is 3. The Morgan fingerprint density at radius 3 is 2.55 bits per heavy atom. The average Bonchev–Trinajstić information content (AvgIpc) is 2.45. The molecule has 1 aliphatic heterocycles. The lowest BCUT2D eigenvalue weighted by molar-refractivity contribution is -0.135. The molecule has 1 N–H and O–H groups in total. The molecule has 1 saturated carbocycles. The van der Waals surface area contributed by atoms with Crippen molar-refractivity contribution >= 4 is 5.91 Å². The first-order valence-corrected chi connectivity index (χ1v) is 7.07. The van der Waals surface area contributed by atoms with E-state index in [9.17, 15) is 18.0 Å². The predicted octanol–water partition coefficient (Wildman–Crippen LogP) is 2.57. The predicted molar refractivity (Wildman–Crippen MR) is 70.2 cm³/mol. The molecule has 1 aliphatic carbocycles. The van der Waals surface area contributed by atoms with Crippen molar-refractivity contribution in [2.24, 2.45) is 10.8 Å². The highest BCUT2D eigenvalue weighted by Crippen LogP contribution is 2.52. The number of alkyl halides is 3. The molecule has 2 bridgehead atoms. The molecule has 0 spiro atoms. The van der Waals surface area contributed by atoms with Crippen LogP contribution in [0.3, 0.4) is 0 Å². The largest absolute Gasteiger partial charge is 0.401 e. The zero-order valence-corrected chi connectivity index (χ0v) is 12.3. The standard InChI is InChI=1S/C14H23F3N2O/c1-12(2)4-10-5-13(3,7-12)9-19(10)11(20)6-18-8-14(15,16)17/h10,18H,4-9H2,1-3H3. The molecule has 1 heterocycles.